The largest absolute Gasteiger partial charge is 0.351 e. The van der Waals surface area contributed by atoms with Crippen LogP contribution in [0.3, 0.4) is 0 Å². The SMILES string of the molecule is CCNCc1sc(N(C)CCc2cccs2)nc1C. The molecule has 19 heavy (non-hydrogen) atoms. The molecule has 2 rings (SSSR count). The van der Waals surface area contributed by atoms with Crippen molar-refractivity contribution < 1.29 is 0 Å². The van der Waals surface area contributed by atoms with Crippen LogP contribution in [0.4, 0.5) is 5.13 Å². The van der Waals surface area contributed by atoms with Crippen molar-refractivity contribution in [2.24, 2.45) is 0 Å². The van der Waals surface area contributed by atoms with E-state index in [1.165, 1.54) is 9.75 Å². The zero-order chi connectivity index (χ0) is 13.7. The second-order valence-electron chi connectivity index (χ2n) is 4.54. The first-order chi connectivity index (χ1) is 9.20. The van der Waals surface area contributed by atoms with Gasteiger partial charge in [-0.25, -0.2) is 4.98 Å². The summed E-state index contributed by atoms with van der Waals surface area (Å²) in [5.41, 5.74) is 1.16. The van der Waals surface area contributed by atoms with E-state index in [4.69, 9.17) is 0 Å². The number of nitrogens with zero attached hydrogens (tertiary/aromatic N) is 2. The fourth-order valence-electron chi connectivity index (χ4n) is 1.81. The summed E-state index contributed by atoms with van der Waals surface area (Å²) in [6, 6.07) is 4.31. The molecule has 0 atom stereocenters. The molecule has 1 N–H and O–H groups in total. The third-order valence-corrected chi connectivity index (χ3v) is 5.23. The second-order valence-corrected chi connectivity index (χ2v) is 6.63. The van der Waals surface area contributed by atoms with E-state index in [0.29, 0.717) is 0 Å². The molecule has 0 aliphatic carbocycles. The number of thiophene rings is 1. The van der Waals surface area contributed by atoms with Crippen molar-refractivity contribution >= 4 is 27.8 Å². The summed E-state index contributed by atoms with van der Waals surface area (Å²) in [6.07, 6.45) is 1.09. The lowest BCUT2D eigenvalue weighted by Crippen LogP contribution is -2.19. The van der Waals surface area contributed by atoms with Gasteiger partial charge in [0.05, 0.1) is 5.69 Å². The van der Waals surface area contributed by atoms with E-state index >= 15 is 0 Å². The van der Waals surface area contributed by atoms with Crippen molar-refractivity contribution in [3.05, 3.63) is 33.0 Å². The van der Waals surface area contributed by atoms with Gasteiger partial charge < -0.3 is 10.2 Å². The van der Waals surface area contributed by atoms with Gasteiger partial charge in [-0.2, -0.15) is 0 Å². The summed E-state index contributed by atoms with van der Waals surface area (Å²) in [6.45, 7) is 7.18. The van der Waals surface area contributed by atoms with Crippen LogP contribution in [-0.2, 0) is 13.0 Å². The highest BCUT2D eigenvalue weighted by Gasteiger charge is 2.10. The Labute approximate surface area is 123 Å². The Morgan fingerprint density at radius 3 is 2.95 bits per heavy atom. The van der Waals surface area contributed by atoms with Gasteiger partial charge in [-0.1, -0.05) is 13.0 Å². The van der Waals surface area contributed by atoms with Crippen LogP contribution in [-0.4, -0.2) is 25.1 Å². The molecular formula is C14H21N3S2. The fourth-order valence-corrected chi connectivity index (χ4v) is 3.52. The highest BCUT2D eigenvalue weighted by atomic mass is 32.1. The molecule has 0 amide bonds. The molecule has 0 aliphatic heterocycles. The first-order valence-corrected chi connectivity index (χ1v) is 8.31. The lowest BCUT2D eigenvalue weighted by atomic mass is 10.3. The Morgan fingerprint density at radius 2 is 2.26 bits per heavy atom. The highest BCUT2D eigenvalue weighted by molar-refractivity contribution is 7.15. The molecule has 0 aromatic carbocycles. The van der Waals surface area contributed by atoms with Crippen molar-refractivity contribution in [1.82, 2.24) is 10.3 Å². The Balaban J connectivity index is 1.93. The van der Waals surface area contributed by atoms with Gasteiger partial charge in [0.1, 0.15) is 0 Å². The number of hydrogen-bond donors (Lipinski definition) is 1. The first-order valence-electron chi connectivity index (χ1n) is 6.61. The predicted molar refractivity (Wildman–Crippen MR) is 85.5 cm³/mol. The van der Waals surface area contributed by atoms with Crippen LogP contribution in [0.1, 0.15) is 22.4 Å². The van der Waals surface area contributed by atoms with Gasteiger partial charge in [-0.15, -0.1) is 22.7 Å². The van der Waals surface area contributed by atoms with Crippen LogP contribution < -0.4 is 10.2 Å². The van der Waals surface area contributed by atoms with Crippen molar-refractivity contribution in [1.29, 1.82) is 0 Å². The summed E-state index contributed by atoms with van der Waals surface area (Å²) in [5, 5.41) is 6.63. The van der Waals surface area contributed by atoms with E-state index in [2.05, 4.69) is 53.6 Å². The van der Waals surface area contributed by atoms with Crippen molar-refractivity contribution in [3.63, 3.8) is 0 Å². The molecule has 0 fully saturated rings. The van der Waals surface area contributed by atoms with Crippen LogP contribution >= 0.6 is 22.7 Å². The Hall–Kier alpha value is -0.910. The summed E-state index contributed by atoms with van der Waals surface area (Å²) < 4.78 is 0. The van der Waals surface area contributed by atoms with Crippen molar-refractivity contribution in [3.8, 4) is 0 Å². The minimum absolute atomic E-state index is 0.929. The maximum absolute atomic E-state index is 4.67. The zero-order valence-corrected chi connectivity index (χ0v) is 13.4. The molecular weight excluding hydrogens is 274 g/mol. The number of anilines is 1. The molecule has 5 heteroatoms. The lowest BCUT2D eigenvalue weighted by Gasteiger charge is -2.14. The Morgan fingerprint density at radius 1 is 1.42 bits per heavy atom. The predicted octanol–water partition coefficient (Wildman–Crippen LogP) is 3.30. The Bertz CT molecular complexity index is 491. The lowest BCUT2D eigenvalue weighted by molar-refractivity contribution is 0.731. The molecule has 0 radical (unpaired) electrons. The minimum Gasteiger partial charge on any atom is -0.351 e. The average molecular weight is 295 g/mol. The smallest absolute Gasteiger partial charge is 0.185 e. The molecule has 0 saturated heterocycles. The molecule has 0 saturated carbocycles. The van der Waals surface area contributed by atoms with Gasteiger partial charge >= 0.3 is 0 Å². The molecule has 3 nitrogen and oxygen atoms in total. The van der Waals surface area contributed by atoms with Gasteiger partial charge in [-0.3, -0.25) is 0 Å². The third-order valence-electron chi connectivity index (χ3n) is 3.02. The number of rotatable bonds is 7. The third kappa shape index (κ3) is 4.03. The number of nitrogens with one attached hydrogen (secondary N) is 1. The number of aromatic nitrogens is 1. The average Bonchev–Trinajstić information content (AvgIpc) is 3.03. The molecule has 2 heterocycles. The highest BCUT2D eigenvalue weighted by Crippen LogP contribution is 2.25. The summed E-state index contributed by atoms with van der Waals surface area (Å²) in [4.78, 5) is 9.71. The van der Waals surface area contributed by atoms with Crippen LogP contribution in [0.2, 0.25) is 0 Å². The van der Waals surface area contributed by atoms with Crippen molar-refractivity contribution in [2.75, 3.05) is 25.0 Å². The molecule has 2 aromatic rings. The van der Waals surface area contributed by atoms with Gasteiger partial charge in [0.2, 0.25) is 0 Å². The number of thiazole rings is 1. The zero-order valence-electron chi connectivity index (χ0n) is 11.8. The maximum Gasteiger partial charge on any atom is 0.185 e. The normalized spacial score (nSPS) is 10.9. The van der Waals surface area contributed by atoms with Crippen LogP contribution in [0.15, 0.2) is 17.5 Å². The van der Waals surface area contributed by atoms with Crippen molar-refractivity contribution in [2.45, 2.75) is 26.8 Å². The van der Waals surface area contributed by atoms with E-state index in [0.717, 1.165) is 36.9 Å². The van der Waals surface area contributed by atoms with E-state index in [1.807, 2.05) is 11.3 Å². The molecule has 104 valence electrons. The summed E-state index contributed by atoms with van der Waals surface area (Å²) >= 11 is 3.63. The monoisotopic (exact) mass is 295 g/mol. The maximum atomic E-state index is 4.67. The number of likely N-dealkylation sites (N-methyl/N-ethyl adjacent to an activating group) is 1. The summed E-state index contributed by atoms with van der Waals surface area (Å²) in [5.74, 6) is 0. The molecule has 0 aliphatic rings. The number of aryl methyl sites for hydroxylation is 1. The quantitative estimate of drug-likeness (QED) is 0.849. The fraction of sp³-hybridized carbons (Fsp3) is 0.500. The van der Waals surface area contributed by atoms with Crippen LogP contribution in [0, 0.1) is 6.92 Å². The van der Waals surface area contributed by atoms with Gasteiger partial charge in [-0.05, 0) is 31.3 Å². The summed E-state index contributed by atoms with van der Waals surface area (Å²) in [7, 11) is 2.13. The van der Waals surface area contributed by atoms with Gasteiger partial charge in [0.15, 0.2) is 5.13 Å². The van der Waals surface area contributed by atoms with E-state index in [9.17, 15) is 0 Å². The van der Waals surface area contributed by atoms with Gasteiger partial charge in [0.25, 0.3) is 0 Å². The Kier molecular flexibility index (Phi) is 5.36. The van der Waals surface area contributed by atoms with Crippen LogP contribution in [0.5, 0.6) is 0 Å². The number of hydrogen-bond acceptors (Lipinski definition) is 5. The molecule has 2 aromatic heterocycles. The molecule has 0 bridgehead atoms. The minimum atomic E-state index is 0.929. The first kappa shape index (κ1) is 14.5. The standard InChI is InChI=1S/C14H21N3S2/c1-4-15-10-13-11(2)16-14(19-13)17(3)8-7-12-6-5-9-18-12/h5-6,9,15H,4,7-8,10H2,1-3H3. The molecule has 0 unspecified atom stereocenters. The van der Waals surface area contributed by atoms with E-state index < -0.39 is 0 Å². The topological polar surface area (TPSA) is 28.2 Å². The van der Waals surface area contributed by atoms with E-state index in [1.54, 1.807) is 11.3 Å². The van der Waals surface area contributed by atoms with Crippen LogP contribution in [0.25, 0.3) is 0 Å². The van der Waals surface area contributed by atoms with Gasteiger partial charge in [0, 0.05) is 29.9 Å². The second kappa shape index (κ2) is 7.03. The van der Waals surface area contributed by atoms with E-state index in [-0.39, 0.29) is 0 Å². The molecule has 0 spiro atoms.